The van der Waals surface area contributed by atoms with Gasteiger partial charge in [0, 0.05) is 18.5 Å². The number of hydrogen-bond acceptors (Lipinski definition) is 7. The molecule has 9 heteroatoms. The number of rotatable bonds is 7. The maximum Gasteiger partial charge on any atom is 0.223 e. The molecule has 1 amide bonds. The monoisotopic (exact) mass is 410 g/mol. The van der Waals surface area contributed by atoms with Gasteiger partial charge >= 0.3 is 0 Å². The first-order valence-electron chi connectivity index (χ1n) is 10.1. The van der Waals surface area contributed by atoms with Gasteiger partial charge in [-0.25, -0.2) is 9.97 Å². The number of fused-ring (bicyclic) bond motifs is 1. The Morgan fingerprint density at radius 2 is 1.93 bits per heavy atom. The first kappa shape index (κ1) is 19.9. The van der Waals surface area contributed by atoms with E-state index in [9.17, 15) is 4.79 Å². The zero-order valence-corrected chi connectivity index (χ0v) is 17.1. The molecule has 0 saturated heterocycles. The third-order valence-electron chi connectivity index (χ3n) is 5.60. The van der Waals surface area contributed by atoms with Crippen molar-refractivity contribution in [3.8, 4) is 11.5 Å². The minimum Gasteiger partial charge on any atom is -0.493 e. The maximum atomic E-state index is 12.6. The van der Waals surface area contributed by atoms with Gasteiger partial charge in [0.05, 0.1) is 25.8 Å². The Morgan fingerprint density at radius 3 is 2.70 bits per heavy atom. The fourth-order valence-electron chi connectivity index (χ4n) is 3.90. The molecular weight excluding hydrogens is 384 g/mol. The lowest BCUT2D eigenvalue weighted by atomic mass is 9.85. The van der Waals surface area contributed by atoms with Gasteiger partial charge in [0.2, 0.25) is 5.91 Å². The zero-order valence-electron chi connectivity index (χ0n) is 17.1. The van der Waals surface area contributed by atoms with E-state index in [0.717, 1.165) is 48.1 Å². The van der Waals surface area contributed by atoms with Crippen molar-refractivity contribution < 1.29 is 14.3 Å². The van der Waals surface area contributed by atoms with Gasteiger partial charge in [-0.3, -0.25) is 9.89 Å². The summed E-state index contributed by atoms with van der Waals surface area (Å²) in [6, 6.07) is 5.95. The topological polar surface area (TPSA) is 114 Å². The molecule has 2 heterocycles. The van der Waals surface area contributed by atoms with Gasteiger partial charge in [-0.2, -0.15) is 5.10 Å². The molecule has 4 rings (SSSR count). The van der Waals surface area contributed by atoms with E-state index in [4.69, 9.17) is 9.47 Å². The minimum atomic E-state index is 0.0301. The van der Waals surface area contributed by atoms with Crippen molar-refractivity contribution in [2.45, 2.75) is 38.3 Å². The summed E-state index contributed by atoms with van der Waals surface area (Å²) in [5, 5.41) is 14.3. The van der Waals surface area contributed by atoms with E-state index >= 15 is 0 Å². The molecule has 0 bridgehead atoms. The molecule has 1 aliphatic carbocycles. The highest BCUT2D eigenvalue weighted by atomic mass is 16.5. The summed E-state index contributed by atoms with van der Waals surface area (Å²) in [4.78, 5) is 21.1. The Kier molecular flexibility index (Phi) is 5.97. The number of benzene rings is 1. The van der Waals surface area contributed by atoms with E-state index in [1.165, 1.54) is 6.33 Å². The van der Waals surface area contributed by atoms with Crippen molar-refractivity contribution in [3.63, 3.8) is 0 Å². The standard InChI is InChI=1S/C21H26N6O3/c1-29-17-8-3-13(9-18(17)30-2)10-22-21(28)14-4-6-15(7-5-14)26-19-16-11-25-27-20(16)24-12-23-19/h3,8-9,11-12,14-15H,4-7,10H2,1-2H3,(H,22,28)(H2,23,24,25,26,27). The first-order chi connectivity index (χ1) is 14.7. The smallest absolute Gasteiger partial charge is 0.223 e. The average Bonchev–Trinajstić information content (AvgIpc) is 3.27. The minimum absolute atomic E-state index is 0.0301. The van der Waals surface area contributed by atoms with E-state index in [-0.39, 0.29) is 17.9 Å². The van der Waals surface area contributed by atoms with E-state index < -0.39 is 0 Å². The summed E-state index contributed by atoms with van der Waals surface area (Å²) >= 11 is 0. The lowest BCUT2D eigenvalue weighted by molar-refractivity contribution is -0.126. The molecule has 3 aromatic rings. The Balaban J connectivity index is 1.28. The van der Waals surface area contributed by atoms with Gasteiger partial charge in [-0.05, 0) is 43.4 Å². The molecule has 3 N–H and O–H groups in total. The highest BCUT2D eigenvalue weighted by Gasteiger charge is 2.26. The Labute approximate surface area is 174 Å². The quantitative estimate of drug-likeness (QED) is 0.549. The number of nitrogens with zero attached hydrogens (tertiary/aromatic N) is 3. The molecule has 0 spiro atoms. The number of aromatic amines is 1. The third kappa shape index (κ3) is 4.29. The fraction of sp³-hybridized carbons (Fsp3) is 0.429. The second-order valence-corrected chi connectivity index (χ2v) is 7.45. The van der Waals surface area contributed by atoms with Crippen LogP contribution in [0.15, 0.2) is 30.7 Å². The second kappa shape index (κ2) is 8.98. The molecule has 1 saturated carbocycles. The van der Waals surface area contributed by atoms with Crippen molar-refractivity contribution in [2.75, 3.05) is 19.5 Å². The van der Waals surface area contributed by atoms with Gasteiger partial charge < -0.3 is 20.1 Å². The molecular formula is C21H26N6O3. The van der Waals surface area contributed by atoms with Crippen LogP contribution in [0, 0.1) is 5.92 Å². The average molecular weight is 410 g/mol. The van der Waals surface area contributed by atoms with Crippen LogP contribution in [0.1, 0.15) is 31.2 Å². The summed E-state index contributed by atoms with van der Waals surface area (Å²) < 4.78 is 10.6. The Hall–Kier alpha value is -3.36. The Morgan fingerprint density at radius 1 is 1.13 bits per heavy atom. The van der Waals surface area contributed by atoms with Gasteiger partial charge in [0.1, 0.15) is 12.1 Å². The predicted molar refractivity (Wildman–Crippen MR) is 112 cm³/mol. The van der Waals surface area contributed by atoms with Gasteiger partial charge in [0.15, 0.2) is 17.1 Å². The molecule has 0 radical (unpaired) electrons. The summed E-state index contributed by atoms with van der Waals surface area (Å²) in [7, 11) is 3.21. The van der Waals surface area contributed by atoms with Crippen LogP contribution < -0.4 is 20.1 Å². The highest BCUT2D eigenvalue weighted by Crippen LogP contribution is 2.29. The van der Waals surface area contributed by atoms with Crippen LogP contribution in [-0.2, 0) is 11.3 Å². The van der Waals surface area contributed by atoms with E-state index in [0.29, 0.717) is 18.0 Å². The van der Waals surface area contributed by atoms with E-state index in [2.05, 4.69) is 30.8 Å². The van der Waals surface area contributed by atoms with E-state index in [1.54, 1.807) is 20.4 Å². The summed E-state index contributed by atoms with van der Waals surface area (Å²) in [5.41, 5.74) is 1.69. The molecule has 30 heavy (non-hydrogen) atoms. The van der Waals surface area contributed by atoms with Gasteiger partial charge in [-0.1, -0.05) is 6.07 Å². The number of amides is 1. The van der Waals surface area contributed by atoms with Gasteiger partial charge in [-0.15, -0.1) is 0 Å². The molecule has 2 aromatic heterocycles. The molecule has 158 valence electrons. The number of hydrogen-bond donors (Lipinski definition) is 3. The van der Waals surface area contributed by atoms with E-state index in [1.807, 2.05) is 18.2 Å². The van der Waals surface area contributed by atoms with Crippen LogP contribution in [0.5, 0.6) is 11.5 Å². The normalized spacial score (nSPS) is 18.7. The predicted octanol–water partition coefficient (Wildman–Crippen LogP) is 2.66. The molecule has 0 atom stereocenters. The number of methoxy groups -OCH3 is 2. The van der Waals surface area contributed by atoms with Crippen molar-refractivity contribution in [3.05, 3.63) is 36.3 Å². The summed E-state index contributed by atoms with van der Waals surface area (Å²) in [5.74, 6) is 2.25. The molecule has 9 nitrogen and oxygen atoms in total. The second-order valence-electron chi connectivity index (χ2n) is 7.45. The number of ether oxygens (including phenoxy) is 2. The van der Waals surface area contributed by atoms with Crippen molar-refractivity contribution in [1.82, 2.24) is 25.5 Å². The maximum absolute atomic E-state index is 12.6. The van der Waals surface area contributed by atoms with Crippen LogP contribution in [0.3, 0.4) is 0 Å². The largest absolute Gasteiger partial charge is 0.493 e. The zero-order chi connectivity index (χ0) is 20.9. The van der Waals surface area contributed by atoms with Crippen molar-refractivity contribution in [1.29, 1.82) is 0 Å². The van der Waals surface area contributed by atoms with Crippen LogP contribution in [0.2, 0.25) is 0 Å². The summed E-state index contributed by atoms with van der Waals surface area (Å²) in [6.07, 6.45) is 6.76. The highest BCUT2D eigenvalue weighted by molar-refractivity contribution is 5.85. The van der Waals surface area contributed by atoms with Crippen molar-refractivity contribution >= 4 is 22.8 Å². The Bertz CT molecular complexity index is 1010. The molecule has 0 unspecified atom stereocenters. The van der Waals surface area contributed by atoms with Crippen LogP contribution in [0.4, 0.5) is 5.82 Å². The summed E-state index contributed by atoms with van der Waals surface area (Å²) in [6.45, 7) is 0.469. The molecule has 1 aliphatic rings. The van der Waals surface area contributed by atoms with Crippen molar-refractivity contribution in [2.24, 2.45) is 5.92 Å². The number of anilines is 1. The third-order valence-corrected chi connectivity index (χ3v) is 5.60. The number of aromatic nitrogens is 4. The molecule has 1 fully saturated rings. The molecule has 1 aromatic carbocycles. The first-order valence-corrected chi connectivity index (χ1v) is 10.1. The lowest BCUT2D eigenvalue weighted by Gasteiger charge is -2.28. The number of carbonyl (C=O) groups excluding carboxylic acids is 1. The number of H-pyrrole nitrogens is 1. The lowest BCUT2D eigenvalue weighted by Crippen LogP contribution is -2.35. The van der Waals surface area contributed by atoms with Gasteiger partial charge in [0.25, 0.3) is 0 Å². The van der Waals surface area contributed by atoms with Crippen LogP contribution in [0.25, 0.3) is 11.0 Å². The number of carbonyl (C=O) groups is 1. The van der Waals surface area contributed by atoms with Crippen LogP contribution >= 0.6 is 0 Å². The SMILES string of the molecule is COc1ccc(CNC(=O)C2CCC(Nc3ncnc4[nH]ncc34)CC2)cc1OC. The molecule has 0 aliphatic heterocycles. The fourth-order valence-corrected chi connectivity index (χ4v) is 3.90. The van der Waals surface area contributed by atoms with Crippen LogP contribution in [-0.4, -0.2) is 46.3 Å². The number of nitrogens with one attached hydrogen (secondary N) is 3.